The molecule has 0 radical (unpaired) electrons. The Hall–Kier alpha value is -4.73. The number of rotatable bonds is 7. The molecule has 1 saturated carbocycles. The van der Waals surface area contributed by atoms with Crippen molar-refractivity contribution < 1.29 is 27.9 Å². The third-order valence-corrected chi connectivity index (χ3v) is 11.9. The number of alkyl halides is 3. The van der Waals surface area contributed by atoms with Crippen LogP contribution >= 0.6 is 11.6 Å². The lowest BCUT2D eigenvalue weighted by Gasteiger charge is -2.37. The highest BCUT2D eigenvalue weighted by atomic mass is 35.5. The lowest BCUT2D eigenvalue weighted by Crippen LogP contribution is -2.46. The molecule has 2 aromatic carbocycles. The highest BCUT2D eigenvalue weighted by Crippen LogP contribution is 2.38. The number of likely N-dealkylation sites (tertiary alicyclic amines) is 1. The van der Waals surface area contributed by atoms with Crippen molar-refractivity contribution in [3.63, 3.8) is 0 Å². The third-order valence-electron chi connectivity index (χ3n) is 11.6. The monoisotopic (exact) mass is 778 g/mol. The standard InChI is InChI=1S/C39H42ClF3N8O4/c1-48-35-26(4-2-6-31(35)51(38(48)55)32-12-13-34(52)46-37(32)54)23-14-16-49(17-15-23)20-22-8-10-25(11-9-22)50-21-24-18-30(27(40)19-29(24)47-50)45-36(53)28-5-3-7-33(44-28)39(41,42)43/h2-7,18-19,21-23,25,32,34,52H,8-17,20H2,1H3,(H,45,53)(H,46,54)/t22-,25-,32?,34?. The number of para-hydroxylation sites is 1. The van der Waals surface area contributed by atoms with Gasteiger partial charge < -0.3 is 20.6 Å². The van der Waals surface area contributed by atoms with E-state index >= 15 is 0 Å². The minimum Gasteiger partial charge on any atom is -0.374 e. The van der Waals surface area contributed by atoms with Crippen LogP contribution in [-0.4, -0.2) is 71.6 Å². The molecule has 2 saturated heterocycles. The number of fused-ring (bicyclic) bond motifs is 2. The fourth-order valence-electron chi connectivity index (χ4n) is 8.76. The number of aromatic nitrogens is 5. The van der Waals surface area contributed by atoms with Crippen molar-refractivity contribution >= 4 is 51.0 Å². The van der Waals surface area contributed by atoms with Gasteiger partial charge in [-0.3, -0.25) is 23.4 Å². The van der Waals surface area contributed by atoms with Gasteiger partial charge in [0.05, 0.1) is 33.3 Å². The third kappa shape index (κ3) is 7.36. The van der Waals surface area contributed by atoms with E-state index < -0.39 is 30.0 Å². The fraction of sp³-hybridized carbons (Fsp3) is 0.462. The molecule has 0 spiro atoms. The van der Waals surface area contributed by atoms with Crippen LogP contribution in [0.2, 0.25) is 5.02 Å². The molecule has 12 nitrogen and oxygen atoms in total. The minimum atomic E-state index is -4.67. The Bertz CT molecular complexity index is 2320. The molecule has 2 unspecified atom stereocenters. The smallest absolute Gasteiger partial charge is 0.374 e. The number of amides is 2. The lowest BCUT2D eigenvalue weighted by molar-refractivity contribution is -0.141. The number of aliphatic hydroxyl groups is 1. The number of pyridine rings is 1. The van der Waals surface area contributed by atoms with Gasteiger partial charge in [-0.1, -0.05) is 29.8 Å². The first-order valence-corrected chi connectivity index (χ1v) is 19.2. The van der Waals surface area contributed by atoms with Crippen molar-refractivity contribution in [2.75, 3.05) is 25.0 Å². The number of aliphatic hydroxyl groups excluding tert-OH is 1. The molecule has 3 N–H and O–H groups in total. The molecule has 0 bridgehead atoms. The average molecular weight is 779 g/mol. The van der Waals surface area contributed by atoms with Crippen molar-refractivity contribution in [1.29, 1.82) is 0 Å². The van der Waals surface area contributed by atoms with E-state index in [0.29, 0.717) is 30.2 Å². The van der Waals surface area contributed by atoms with E-state index in [4.69, 9.17) is 16.7 Å². The van der Waals surface area contributed by atoms with Gasteiger partial charge in [0, 0.05) is 25.2 Å². The Morgan fingerprint density at radius 1 is 1.00 bits per heavy atom. The predicted octanol–water partition coefficient (Wildman–Crippen LogP) is 6.39. The number of hydrogen-bond acceptors (Lipinski definition) is 7. The minimum absolute atomic E-state index is 0.213. The van der Waals surface area contributed by atoms with Gasteiger partial charge >= 0.3 is 11.9 Å². The number of benzene rings is 2. The second-order valence-electron chi connectivity index (χ2n) is 15.2. The maximum atomic E-state index is 13.4. The van der Waals surface area contributed by atoms with E-state index in [1.165, 1.54) is 6.07 Å². The molecule has 2 atom stereocenters. The zero-order valence-electron chi connectivity index (χ0n) is 30.2. The Morgan fingerprint density at radius 2 is 1.75 bits per heavy atom. The maximum Gasteiger partial charge on any atom is 0.433 e. The summed E-state index contributed by atoms with van der Waals surface area (Å²) in [7, 11) is 1.77. The number of carbonyl (C=O) groups is 2. The summed E-state index contributed by atoms with van der Waals surface area (Å²) in [4.78, 5) is 45.0. The molecule has 55 heavy (non-hydrogen) atoms. The Labute approximate surface area is 319 Å². The van der Waals surface area contributed by atoms with Gasteiger partial charge in [0.2, 0.25) is 5.91 Å². The highest BCUT2D eigenvalue weighted by molar-refractivity contribution is 6.34. The van der Waals surface area contributed by atoms with Crippen LogP contribution in [0.4, 0.5) is 18.9 Å². The van der Waals surface area contributed by atoms with Gasteiger partial charge in [0.15, 0.2) is 0 Å². The van der Waals surface area contributed by atoms with Gasteiger partial charge in [-0.2, -0.15) is 18.3 Å². The molecule has 3 aromatic heterocycles. The van der Waals surface area contributed by atoms with Crippen molar-refractivity contribution in [2.45, 2.75) is 81.8 Å². The molecule has 5 heterocycles. The summed E-state index contributed by atoms with van der Waals surface area (Å²) < 4.78 is 44.6. The SMILES string of the molecule is Cn1c(=O)n(C2CCC(O)NC2=O)c2cccc(C3CCN(C[C@H]4CC[C@H](n5cc6cc(NC(=O)c7cccc(C(F)(F)F)n7)c(Cl)cc6n5)CC4)CC3)c21. The van der Waals surface area contributed by atoms with Crippen molar-refractivity contribution in [3.05, 3.63) is 87.2 Å². The van der Waals surface area contributed by atoms with E-state index in [9.17, 15) is 32.7 Å². The van der Waals surface area contributed by atoms with Crippen molar-refractivity contribution in [2.24, 2.45) is 13.0 Å². The van der Waals surface area contributed by atoms with Crippen molar-refractivity contribution in [3.8, 4) is 0 Å². The molecule has 290 valence electrons. The van der Waals surface area contributed by atoms with E-state index in [0.717, 1.165) is 92.3 Å². The normalized spacial score (nSPS) is 23.0. The summed E-state index contributed by atoms with van der Waals surface area (Å²) in [6.45, 7) is 2.96. The second-order valence-corrected chi connectivity index (χ2v) is 15.6. The van der Waals surface area contributed by atoms with E-state index in [2.05, 4.69) is 26.6 Å². The molecule has 16 heteroatoms. The summed E-state index contributed by atoms with van der Waals surface area (Å²) in [5.74, 6) is -0.263. The van der Waals surface area contributed by atoms with Gasteiger partial charge in [-0.25, -0.2) is 9.78 Å². The first-order valence-electron chi connectivity index (χ1n) is 18.8. The van der Waals surface area contributed by atoms with E-state index in [-0.39, 0.29) is 34.0 Å². The zero-order valence-corrected chi connectivity index (χ0v) is 31.0. The number of anilines is 1. The zero-order chi connectivity index (χ0) is 38.6. The molecule has 2 amide bonds. The van der Waals surface area contributed by atoms with Crippen LogP contribution in [0.5, 0.6) is 0 Å². The molecular weight excluding hydrogens is 737 g/mol. The van der Waals surface area contributed by atoms with Crippen LogP contribution in [0, 0.1) is 5.92 Å². The van der Waals surface area contributed by atoms with Crippen LogP contribution in [0.25, 0.3) is 21.9 Å². The van der Waals surface area contributed by atoms with Gasteiger partial charge in [-0.05, 0) is 112 Å². The molecule has 8 rings (SSSR count). The molecule has 3 aliphatic rings. The van der Waals surface area contributed by atoms with Crippen molar-refractivity contribution in [1.82, 2.24) is 34.1 Å². The quantitative estimate of drug-likeness (QED) is 0.174. The summed E-state index contributed by atoms with van der Waals surface area (Å²) >= 11 is 6.46. The van der Waals surface area contributed by atoms with Crippen LogP contribution < -0.4 is 16.3 Å². The topological polar surface area (TPSA) is 139 Å². The summed E-state index contributed by atoms with van der Waals surface area (Å²) in [5.41, 5.74) is 1.97. The average Bonchev–Trinajstić information content (AvgIpc) is 3.69. The number of imidazole rings is 1. The number of halogens is 4. The van der Waals surface area contributed by atoms with Crippen LogP contribution in [0.3, 0.4) is 0 Å². The largest absolute Gasteiger partial charge is 0.433 e. The number of nitrogens with zero attached hydrogens (tertiary/aromatic N) is 6. The number of hydrogen-bond donors (Lipinski definition) is 3. The maximum absolute atomic E-state index is 13.4. The Balaban J connectivity index is 0.867. The molecular formula is C39H42ClF3N8O4. The van der Waals surface area contributed by atoms with Crippen LogP contribution in [0.1, 0.15) is 91.1 Å². The molecule has 1 aliphatic carbocycles. The van der Waals surface area contributed by atoms with Gasteiger partial charge in [0.25, 0.3) is 5.91 Å². The van der Waals surface area contributed by atoms with Gasteiger partial charge in [0.1, 0.15) is 23.7 Å². The second kappa shape index (κ2) is 14.7. The van der Waals surface area contributed by atoms with E-state index in [1.54, 1.807) is 28.3 Å². The Morgan fingerprint density at radius 3 is 2.47 bits per heavy atom. The lowest BCUT2D eigenvalue weighted by atomic mass is 9.84. The fourth-order valence-corrected chi connectivity index (χ4v) is 8.97. The number of piperidine rings is 2. The first kappa shape index (κ1) is 37.2. The predicted molar refractivity (Wildman–Crippen MR) is 201 cm³/mol. The summed E-state index contributed by atoms with van der Waals surface area (Å²) in [6, 6.07) is 12.1. The number of aryl methyl sites for hydroxylation is 1. The highest BCUT2D eigenvalue weighted by Gasteiger charge is 2.35. The molecule has 2 aliphatic heterocycles. The van der Waals surface area contributed by atoms with Crippen LogP contribution in [0.15, 0.2) is 59.5 Å². The van der Waals surface area contributed by atoms with Gasteiger partial charge in [-0.15, -0.1) is 0 Å². The van der Waals surface area contributed by atoms with Crippen LogP contribution in [-0.2, 0) is 18.0 Å². The number of nitrogens with one attached hydrogen (secondary N) is 2. The molecule has 3 fully saturated rings. The summed E-state index contributed by atoms with van der Waals surface area (Å²) in [5, 5.41) is 20.8. The molecule has 5 aromatic rings. The first-order chi connectivity index (χ1) is 26.3. The van der Waals surface area contributed by atoms with E-state index in [1.807, 2.05) is 23.0 Å². The summed E-state index contributed by atoms with van der Waals surface area (Å²) in [6.07, 6.45) is 3.20. The Kier molecular flexibility index (Phi) is 9.97. The number of carbonyl (C=O) groups excluding carboxylic acids is 2.